The zero-order valence-corrected chi connectivity index (χ0v) is 9.24. The summed E-state index contributed by atoms with van der Waals surface area (Å²) in [6.45, 7) is 3.67. The lowest BCUT2D eigenvalue weighted by molar-refractivity contribution is 0.0123. The average Bonchev–Trinajstić information content (AvgIpc) is 2.29. The highest BCUT2D eigenvalue weighted by Gasteiger charge is 2.32. The maximum absolute atomic E-state index is 11.0. The van der Waals surface area contributed by atoms with Gasteiger partial charge < -0.3 is 4.84 Å². The van der Waals surface area contributed by atoms with Crippen LogP contribution in [-0.4, -0.2) is 26.2 Å². The first-order valence-corrected chi connectivity index (χ1v) is 6.34. The molecule has 0 aromatic carbocycles. The highest BCUT2D eigenvalue weighted by atomic mass is 33.1. The van der Waals surface area contributed by atoms with E-state index in [1.54, 1.807) is 0 Å². The van der Waals surface area contributed by atoms with Crippen LogP contribution in [0.15, 0.2) is 5.16 Å². The van der Waals surface area contributed by atoms with Crippen LogP contribution < -0.4 is 0 Å². The Balaban J connectivity index is 2.60. The van der Waals surface area contributed by atoms with Crippen molar-refractivity contribution in [2.45, 2.75) is 25.9 Å². The van der Waals surface area contributed by atoms with Crippen LogP contribution in [0.4, 0.5) is 0 Å². The molecule has 0 aromatic heterocycles. The molecule has 0 aromatic rings. The summed E-state index contributed by atoms with van der Waals surface area (Å²) >= 11 is 0. The maximum Gasteiger partial charge on any atom is 0.327 e. The monoisotopic (exact) mass is 225 g/mol. The minimum absolute atomic E-state index is 0.411. The van der Waals surface area contributed by atoms with Crippen LogP contribution >= 0.6 is 10.8 Å². The summed E-state index contributed by atoms with van der Waals surface area (Å²) in [7, 11) is -1.85. The van der Waals surface area contributed by atoms with Crippen molar-refractivity contribution < 1.29 is 17.4 Å². The van der Waals surface area contributed by atoms with Gasteiger partial charge in [0.15, 0.2) is 0 Å². The second kappa shape index (κ2) is 3.47. The molecule has 7 heteroatoms. The van der Waals surface area contributed by atoms with Crippen molar-refractivity contribution >= 4 is 25.0 Å². The van der Waals surface area contributed by atoms with Crippen molar-refractivity contribution in [3.8, 4) is 0 Å². The number of rotatable bonds is 2. The van der Waals surface area contributed by atoms with Gasteiger partial charge in [0, 0.05) is 6.42 Å². The van der Waals surface area contributed by atoms with E-state index in [1.807, 2.05) is 13.8 Å². The molecule has 0 amide bonds. The molecular formula is C6H11NO4S2. The largest absolute Gasteiger partial charge is 0.389 e. The van der Waals surface area contributed by atoms with Gasteiger partial charge in [0.05, 0.1) is 17.9 Å². The van der Waals surface area contributed by atoms with E-state index in [-0.39, 0.29) is 0 Å². The van der Waals surface area contributed by atoms with Crippen LogP contribution in [0.25, 0.3) is 0 Å². The first kappa shape index (κ1) is 10.8. The first-order chi connectivity index (χ1) is 5.85. The van der Waals surface area contributed by atoms with Crippen LogP contribution in [0.1, 0.15) is 20.3 Å². The minimum atomic E-state index is -3.55. The fraction of sp³-hybridized carbons (Fsp3) is 0.833. The molecule has 0 spiro atoms. The topological polar surface area (TPSA) is 65.0 Å². The van der Waals surface area contributed by atoms with Crippen LogP contribution in [0.2, 0.25) is 0 Å². The van der Waals surface area contributed by atoms with Crippen molar-refractivity contribution in [2.75, 3.05) is 7.11 Å². The summed E-state index contributed by atoms with van der Waals surface area (Å²) in [6.07, 6.45) is 0.486. The van der Waals surface area contributed by atoms with Gasteiger partial charge >= 0.3 is 9.15 Å². The molecule has 0 saturated carbocycles. The van der Waals surface area contributed by atoms with Crippen LogP contribution in [0, 0.1) is 0 Å². The Morgan fingerprint density at radius 2 is 2.23 bits per heavy atom. The molecule has 0 N–H and O–H groups in total. The van der Waals surface area contributed by atoms with Crippen molar-refractivity contribution in [3.05, 3.63) is 0 Å². The van der Waals surface area contributed by atoms with Gasteiger partial charge in [-0.25, -0.2) is 0 Å². The third kappa shape index (κ3) is 3.17. The van der Waals surface area contributed by atoms with E-state index in [9.17, 15) is 8.42 Å². The quantitative estimate of drug-likeness (QED) is 0.659. The predicted octanol–water partition coefficient (Wildman–Crippen LogP) is 1.12. The lowest BCUT2D eigenvalue weighted by Gasteiger charge is -2.12. The second-order valence-corrected chi connectivity index (χ2v) is 6.68. The molecule has 0 radical (unpaired) electrons. The van der Waals surface area contributed by atoms with Crippen LogP contribution in [-0.2, 0) is 18.2 Å². The molecule has 0 aliphatic carbocycles. The molecule has 0 fully saturated rings. The fourth-order valence-corrected chi connectivity index (χ4v) is 2.76. The van der Waals surface area contributed by atoms with Gasteiger partial charge in [0.1, 0.15) is 10.6 Å². The van der Waals surface area contributed by atoms with Gasteiger partial charge in [-0.2, -0.15) is 8.42 Å². The van der Waals surface area contributed by atoms with E-state index >= 15 is 0 Å². The molecule has 1 rings (SSSR count). The normalized spacial score (nSPS) is 21.0. The number of hydrogen-bond acceptors (Lipinski definition) is 6. The number of oxime groups is 1. The van der Waals surface area contributed by atoms with Gasteiger partial charge in [-0.1, -0.05) is 5.16 Å². The Morgan fingerprint density at radius 1 is 1.62 bits per heavy atom. The second-order valence-electron chi connectivity index (χ2n) is 3.17. The molecule has 0 bridgehead atoms. The van der Waals surface area contributed by atoms with Crippen molar-refractivity contribution in [1.82, 2.24) is 0 Å². The number of hydrogen-bond donors (Lipinski definition) is 0. The van der Waals surface area contributed by atoms with Gasteiger partial charge in [-0.15, -0.1) is 0 Å². The van der Waals surface area contributed by atoms with E-state index < -0.39 is 14.8 Å². The smallest absolute Gasteiger partial charge is 0.327 e. The SMILES string of the molecule is COS(=O)(=O)SC1=NOC(C)(C)C1. The summed E-state index contributed by atoms with van der Waals surface area (Å²) in [5.41, 5.74) is -0.411. The van der Waals surface area contributed by atoms with E-state index in [0.717, 1.165) is 7.11 Å². The molecule has 13 heavy (non-hydrogen) atoms. The van der Waals surface area contributed by atoms with E-state index in [2.05, 4.69) is 9.34 Å². The van der Waals surface area contributed by atoms with Gasteiger partial charge in [0.25, 0.3) is 0 Å². The molecule has 1 aliphatic heterocycles. The summed E-state index contributed by atoms with van der Waals surface area (Å²) < 4.78 is 26.2. The zero-order chi connectivity index (χ0) is 10.1. The van der Waals surface area contributed by atoms with Crippen LogP contribution in [0.3, 0.4) is 0 Å². The van der Waals surface area contributed by atoms with Crippen molar-refractivity contribution in [3.63, 3.8) is 0 Å². The highest BCUT2D eigenvalue weighted by molar-refractivity contribution is 8.76. The third-order valence-corrected chi connectivity index (χ3v) is 4.00. The Bertz CT molecular complexity index is 320. The van der Waals surface area contributed by atoms with Crippen molar-refractivity contribution in [1.29, 1.82) is 0 Å². The molecule has 5 nitrogen and oxygen atoms in total. The van der Waals surface area contributed by atoms with E-state index in [4.69, 9.17) is 4.84 Å². The Kier molecular flexibility index (Phi) is 2.88. The van der Waals surface area contributed by atoms with Crippen molar-refractivity contribution in [2.24, 2.45) is 5.16 Å². The molecule has 0 saturated heterocycles. The molecule has 0 atom stereocenters. The Morgan fingerprint density at radius 3 is 2.62 bits per heavy atom. The fourth-order valence-electron chi connectivity index (χ4n) is 0.800. The summed E-state index contributed by atoms with van der Waals surface area (Å²) in [4.78, 5) is 4.99. The van der Waals surface area contributed by atoms with Gasteiger partial charge in [0.2, 0.25) is 0 Å². The first-order valence-electron chi connectivity index (χ1n) is 3.60. The van der Waals surface area contributed by atoms with Crippen LogP contribution in [0.5, 0.6) is 0 Å². The third-order valence-electron chi connectivity index (χ3n) is 1.37. The molecule has 1 heterocycles. The summed E-state index contributed by atoms with van der Waals surface area (Å²) in [5, 5.41) is 4.07. The lowest BCUT2D eigenvalue weighted by atomic mass is 10.1. The highest BCUT2D eigenvalue weighted by Crippen LogP contribution is 2.30. The summed E-state index contributed by atoms with van der Waals surface area (Å²) in [5.74, 6) is 0. The van der Waals surface area contributed by atoms with E-state index in [1.165, 1.54) is 0 Å². The minimum Gasteiger partial charge on any atom is -0.389 e. The Labute approximate surface area is 81.0 Å². The molecule has 76 valence electrons. The number of nitrogens with zero attached hydrogens (tertiary/aromatic N) is 1. The lowest BCUT2D eigenvalue weighted by Crippen LogP contribution is -2.18. The molecule has 0 unspecified atom stereocenters. The average molecular weight is 225 g/mol. The standard InChI is InChI=1S/C6H11NO4S2/c1-6(2)4-5(7-11-6)12-13(8,9)10-3/h4H2,1-3H3. The predicted molar refractivity (Wildman–Crippen MR) is 50.7 cm³/mol. The van der Waals surface area contributed by atoms with Gasteiger partial charge in [-0.05, 0) is 13.8 Å². The molecule has 1 aliphatic rings. The maximum atomic E-state index is 11.0. The Hall–Kier alpha value is -0.270. The van der Waals surface area contributed by atoms with Gasteiger partial charge in [-0.3, -0.25) is 4.18 Å². The summed E-state index contributed by atoms with van der Waals surface area (Å²) in [6, 6.07) is 0. The molecular weight excluding hydrogens is 214 g/mol. The zero-order valence-electron chi connectivity index (χ0n) is 7.60. The van der Waals surface area contributed by atoms with E-state index in [0.29, 0.717) is 22.3 Å².